The summed E-state index contributed by atoms with van der Waals surface area (Å²) in [6.07, 6.45) is 0. The molecule has 2 aromatic rings. The van der Waals surface area contributed by atoms with E-state index in [4.69, 9.17) is 17.3 Å². The van der Waals surface area contributed by atoms with Gasteiger partial charge >= 0.3 is 0 Å². The van der Waals surface area contributed by atoms with Crippen LogP contribution in [0.1, 0.15) is 29.1 Å². The first-order valence-electron chi connectivity index (χ1n) is 6.46. The van der Waals surface area contributed by atoms with E-state index in [1.807, 2.05) is 51.1 Å². The molecule has 2 rings (SSSR count). The van der Waals surface area contributed by atoms with Gasteiger partial charge in [-0.25, -0.2) is 9.97 Å². The molecule has 0 aliphatic carbocycles. The summed E-state index contributed by atoms with van der Waals surface area (Å²) < 4.78 is 0. The molecule has 0 saturated heterocycles. The maximum Gasteiger partial charge on any atom is 0.188 e. The van der Waals surface area contributed by atoms with Crippen LogP contribution in [0.2, 0.25) is 5.02 Å². The monoisotopic (exact) mass is 307 g/mol. The number of hydrogen-bond donors (Lipinski definition) is 1. The van der Waals surface area contributed by atoms with E-state index in [1.165, 1.54) is 0 Å². The van der Waals surface area contributed by atoms with Gasteiger partial charge in [0.1, 0.15) is 0 Å². The molecule has 0 bridgehead atoms. The SMILES string of the molecule is Cc1cc(C)nc(SC(c2ccccc2Cl)C(C)N)n1. The van der Waals surface area contributed by atoms with E-state index in [2.05, 4.69) is 9.97 Å². The van der Waals surface area contributed by atoms with Crippen LogP contribution in [0.25, 0.3) is 0 Å². The Morgan fingerprint density at radius 1 is 1.15 bits per heavy atom. The minimum absolute atomic E-state index is 0.0323. The number of nitrogens with zero attached hydrogens (tertiary/aromatic N) is 2. The molecule has 2 unspecified atom stereocenters. The third kappa shape index (κ3) is 3.72. The van der Waals surface area contributed by atoms with Crippen molar-refractivity contribution in [1.82, 2.24) is 9.97 Å². The van der Waals surface area contributed by atoms with Gasteiger partial charge in [-0.2, -0.15) is 0 Å². The number of rotatable bonds is 4. The molecule has 1 aromatic heterocycles. The van der Waals surface area contributed by atoms with Gasteiger partial charge in [-0.15, -0.1) is 0 Å². The topological polar surface area (TPSA) is 51.8 Å². The van der Waals surface area contributed by atoms with Crippen molar-refractivity contribution in [2.75, 3.05) is 0 Å². The van der Waals surface area contributed by atoms with Crippen molar-refractivity contribution < 1.29 is 0 Å². The second-order valence-electron chi connectivity index (χ2n) is 4.85. The Bertz CT molecular complexity index is 581. The average Bonchev–Trinajstić information content (AvgIpc) is 2.35. The first-order valence-corrected chi connectivity index (χ1v) is 7.72. The molecular formula is C15H18ClN3S. The quantitative estimate of drug-likeness (QED) is 0.687. The van der Waals surface area contributed by atoms with Crippen molar-refractivity contribution in [2.45, 2.75) is 37.2 Å². The van der Waals surface area contributed by atoms with Crippen LogP contribution < -0.4 is 5.73 Å². The molecule has 0 amide bonds. The summed E-state index contributed by atoms with van der Waals surface area (Å²) in [5, 5.41) is 1.50. The van der Waals surface area contributed by atoms with Crippen molar-refractivity contribution in [3.05, 3.63) is 52.3 Å². The first-order chi connectivity index (χ1) is 9.47. The van der Waals surface area contributed by atoms with Crippen molar-refractivity contribution in [1.29, 1.82) is 0 Å². The zero-order valence-electron chi connectivity index (χ0n) is 11.8. The molecule has 0 aliphatic heterocycles. The molecule has 106 valence electrons. The molecule has 0 spiro atoms. The van der Waals surface area contributed by atoms with Gasteiger partial charge < -0.3 is 5.73 Å². The molecule has 5 heteroatoms. The van der Waals surface area contributed by atoms with Crippen LogP contribution in [0.15, 0.2) is 35.5 Å². The second kappa shape index (κ2) is 6.57. The highest BCUT2D eigenvalue weighted by Gasteiger charge is 2.21. The standard InChI is InChI=1S/C15H18ClN3S/c1-9-8-10(2)19-15(18-9)20-14(11(3)17)12-6-4-5-7-13(12)16/h4-8,11,14H,17H2,1-3H3. The number of benzene rings is 1. The number of hydrogen-bond acceptors (Lipinski definition) is 4. The molecule has 1 heterocycles. The van der Waals surface area contributed by atoms with E-state index in [0.29, 0.717) is 0 Å². The van der Waals surface area contributed by atoms with E-state index in [1.54, 1.807) is 11.8 Å². The van der Waals surface area contributed by atoms with Crippen LogP contribution in [0.4, 0.5) is 0 Å². The van der Waals surface area contributed by atoms with Gasteiger partial charge in [0.25, 0.3) is 0 Å². The number of aromatic nitrogens is 2. The first kappa shape index (κ1) is 15.3. The summed E-state index contributed by atoms with van der Waals surface area (Å²) in [5.74, 6) is 0. The normalized spacial score (nSPS) is 14.1. The average molecular weight is 308 g/mol. The third-order valence-corrected chi connectivity index (χ3v) is 4.56. The Morgan fingerprint density at radius 2 is 1.75 bits per heavy atom. The third-order valence-electron chi connectivity index (χ3n) is 2.88. The fourth-order valence-corrected chi connectivity index (χ4v) is 3.51. The van der Waals surface area contributed by atoms with Gasteiger partial charge in [0.15, 0.2) is 5.16 Å². The molecule has 2 atom stereocenters. The molecule has 0 saturated carbocycles. The fourth-order valence-electron chi connectivity index (χ4n) is 2.02. The molecule has 2 N–H and O–H groups in total. The number of halogens is 1. The predicted molar refractivity (Wildman–Crippen MR) is 85.2 cm³/mol. The molecule has 1 aromatic carbocycles. The van der Waals surface area contributed by atoms with Gasteiger partial charge in [-0.05, 0) is 38.5 Å². The van der Waals surface area contributed by atoms with Crippen molar-refractivity contribution >= 4 is 23.4 Å². The summed E-state index contributed by atoms with van der Waals surface area (Å²) in [7, 11) is 0. The Balaban J connectivity index is 2.33. The molecule has 0 fully saturated rings. The number of thioether (sulfide) groups is 1. The van der Waals surface area contributed by atoms with Crippen LogP contribution in [0, 0.1) is 13.8 Å². The van der Waals surface area contributed by atoms with E-state index in [-0.39, 0.29) is 11.3 Å². The maximum absolute atomic E-state index is 6.28. The van der Waals surface area contributed by atoms with Gasteiger partial charge in [-0.1, -0.05) is 41.6 Å². The summed E-state index contributed by atoms with van der Waals surface area (Å²) in [4.78, 5) is 8.93. The largest absolute Gasteiger partial charge is 0.327 e. The van der Waals surface area contributed by atoms with Crippen molar-refractivity contribution in [2.24, 2.45) is 5.73 Å². The van der Waals surface area contributed by atoms with E-state index >= 15 is 0 Å². The molecule has 20 heavy (non-hydrogen) atoms. The molecule has 0 aliphatic rings. The Hall–Kier alpha value is -1.10. The Morgan fingerprint density at radius 3 is 2.30 bits per heavy atom. The lowest BCUT2D eigenvalue weighted by atomic mass is 10.1. The Kier molecular flexibility index (Phi) is 5.02. The van der Waals surface area contributed by atoms with Crippen molar-refractivity contribution in [3.8, 4) is 0 Å². The van der Waals surface area contributed by atoms with E-state index in [9.17, 15) is 0 Å². The van der Waals surface area contributed by atoms with Crippen LogP contribution in [0.5, 0.6) is 0 Å². The molecule has 3 nitrogen and oxygen atoms in total. The lowest BCUT2D eigenvalue weighted by Gasteiger charge is -2.21. The summed E-state index contributed by atoms with van der Waals surface area (Å²) in [5.41, 5.74) is 9.07. The predicted octanol–water partition coefficient (Wildman–Crippen LogP) is 3.93. The summed E-state index contributed by atoms with van der Waals surface area (Å²) in [6, 6.07) is 9.69. The minimum Gasteiger partial charge on any atom is -0.327 e. The Labute approximate surface area is 129 Å². The highest BCUT2D eigenvalue weighted by atomic mass is 35.5. The maximum atomic E-state index is 6.28. The highest BCUT2D eigenvalue weighted by molar-refractivity contribution is 7.99. The van der Waals surface area contributed by atoms with Gasteiger partial charge in [0, 0.05) is 22.5 Å². The van der Waals surface area contributed by atoms with E-state index < -0.39 is 0 Å². The molecule has 0 radical (unpaired) electrons. The minimum atomic E-state index is -0.0516. The zero-order valence-corrected chi connectivity index (χ0v) is 13.4. The van der Waals surface area contributed by atoms with Crippen LogP contribution in [-0.4, -0.2) is 16.0 Å². The van der Waals surface area contributed by atoms with Crippen LogP contribution >= 0.6 is 23.4 Å². The smallest absolute Gasteiger partial charge is 0.188 e. The fraction of sp³-hybridized carbons (Fsp3) is 0.333. The summed E-state index contributed by atoms with van der Waals surface area (Å²) >= 11 is 7.84. The van der Waals surface area contributed by atoms with Crippen molar-refractivity contribution in [3.63, 3.8) is 0 Å². The van der Waals surface area contributed by atoms with Gasteiger partial charge in [0.05, 0.1) is 5.25 Å². The van der Waals surface area contributed by atoms with Crippen LogP contribution in [0.3, 0.4) is 0 Å². The second-order valence-corrected chi connectivity index (χ2v) is 6.37. The van der Waals surface area contributed by atoms with Gasteiger partial charge in [0.2, 0.25) is 0 Å². The number of nitrogens with two attached hydrogens (primary N) is 1. The lowest BCUT2D eigenvalue weighted by Crippen LogP contribution is -2.23. The summed E-state index contributed by atoms with van der Waals surface area (Å²) in [6.45, 7) is 5.91. The lowest BCUT2D eigenvalue weighted by molar-refractivity contribution is 0.717. The molecular weight excluding hydrogens is 290 g/mol. The number of aryl methyl sites for hydroxylation is 2. The van der Waals surface area contributed by atoms with Crippen LogP contribution in [-0.2, 0) is 0 Å². The van der Waals surface area contributed by atoms with Gasteiger partial charge in [-0.3, -0.25) is 0 Å². The zero-order chi connectivity index (χ0) is 14.7. The van der Waals surface area contributed by atoms with E-state index in [0.717, 1.165) is 27.1 Å². The highest BCUT2D eigenvalue weighted by Crippen LogP contribution is 2.38.